The standard InChI is InChI=1S/C21H23N3O3S.ClH/c25-21(23-10-8-15-13-22-14-16(15)9-11-23)19-12-17(24(26)27)6-7-20(19)28-18-4-2-1-3-5-18;/h1-7,12,15-16,22H,8-11,13-14H2;1H/t15-,16+;. The first kappa shape index (κ1) is 21.6. The molecule has 154 valence electrons. The zero-order valence-corrected chi connectivity index (χ0v) is 17.6. The molecule has 0 saturated carbocycles. The number of carbonyl (C=O) groups excluding carboxylic acids is 1. The fourth-order valence-corrected chi connectivity index (χ4v) is 5.03. The van der Waals surface area contributed by atoms with Gasteiger partial charge in [-0.25, -0.2) is 0 Å². The van der Waals surface area contributed by atoms with Crippen LogP contribution in [0.2, 0.25) is 0 Å². The predicted octanol–water partition coefficient (Wildman–Crippen LogP) is 4.24. The number of halogens is 1. The molecule has 4 rings (SSSR count). The van der Waals surface area contributed by atoms with Crippen molar-refractivity contribution in [3.8, 4) is 0 Å². The number of hydrogen-bond donors (Lipinski definition) is 1. The highest BCUT2D eigenvalue weighted by atomic mass is 35.5. The molecular weight excluding hydrogens is 410 g/mol. The summed E-state index contributed by atoms with van der Waals surface area (Å²) in [6.45, 7) is 3.47. The molecule has 0 aromatic heterocycles. The van der Waals surface area contributed by atoms with Crippen LogP contribution >= 0.6 is 24.2 Å². The molecular formula is C21H24ClN3O3S. The Labute approximate surface area is 180 Å². The van der Waals surface area contributed by atoms with Crippen LogP contribution in [0.1, 0.15) is 23.2 Å². The third-order valence-electron chi connectivity index (χ3n) is 5.68. The number of carbonyl (C=O) groups is 1. The molecule has 2 heterocycles. The molecule has 2 aromatic rings. The van der Waals surface area contributed by atoms with Crippen LogP contribution in [0.4, 0.5) is 5.69 Å². The minimum Gasteiger partial charge on any atom is -0.339 e. The van der Waals surface area contributed by atoms with Gasteiger partial charge in [-0.1, -0.05) is 30.0 Å². The molecule has 2 saturated heterocycles. The number of non-ortho nitro benzene ring substituents is 1. The maximum atomic E-state index is 13.3. The molecule has 2 aliphatic rings. The number of nitro benzene ring substituents is 1. The summed E-state index contributed by atoms with van der Waals surface area (Å²) in [5, 5.41) is 14.7. The summed E-state index contributed by atoms with van der Waals surface area (Å²) < 4.78 is 0. The van der Waals surface area contributed by atoms with E-state index in [1.165, 1.54) is 23.9 Å². The number of rotatable bonds is 4. The lowest BCUT2D eigenvalue weighted by Gasteiger charge is -2.22. The van der Waals surface area contributed by atoms with Crippen molar-refractivity contribution in [3.63, 3.8) is 0 Å². The van der Waals surface area contributed by atoms with E-state index in [1.54, 1.807) is 6.07 Å². The molecule has 2 atom stereocenters. The molecule has 0 radical (unpaired) electrons. The average molecular weight is 434 g/mol. The smallest absolute Gasteiger partial charge is 0.270 e. The van der Waals surface area contributed by atoms with Crippen molar-refractivity contribution < 1.29 is 9.72 Å². The molecule has 6 nitrogen and oxygen atoms in total. The van der Waals surface area contributed by atoms with Crippen LogP contribution in [0, 0.1) is 22.0 Å². The Morgan fingerprint density at radius 3 is 2.34 bits per heavy atom. The van der Waals surface area contributed by atoms with Crippen LogP contribution in [0.25, 0.3) is 0 Å². The Kier molecular flexibility index (Phi) is 7.16. The van der Waals surface area contributed by atoms with E-state index in [4.69, 9.17) is 0 Å². The summed E-state index contributed by atoms with van der Waals surface area (Å²) in [4.78, 5) is 27.8. The topological polar surface area (TPSA) is 75.5 Å². The van der Waals surface area contributed by atoms with E-state index in [0.29, 0.717) is 30.5 Å². The largest absolute Gasteiger partial charge is 0.339 e. The quantitative estimate of drug-likeness (QED) is 0.576. The third kappa shape index (κ3) is 4.91. The van der Waals surface area contributed by atoms with Gasteiger partial charge in [0.25, 0.3) is 11.6 Å². The van der Waals surface area contributed by atoms with Crippen LogP contribution in [0.15, 0.2) is 58.3 Å². The van der Waals surface area contributed by atoms with Crippen LogP contribution in [0.3, 0.4) is 0 Å². The molecule has 1 amide bonds. The fourth-order valence-electron chi connectivity index (χ4n) is 4.09. The predicted molar refractivity (Wildman–Crippen MR) is 116 cm³/mol. The van der Waals surface area contributed by atoms with Gasteiger partial charge in [0.1, 0.15) is 0 Å². The van der Waals surface area contributed by atoms with E-state index in [2.05, 4.69) is 5.32 Å². The number of nitro groups is 1. The molecule has 0 unspecified atom stereocenters. The number of fused-ring (bicyclic) bond motifs is 1. The summed E-state index contributed by atoms with van der Waals surface area (Å²) >= 11 is 1.47. The first-order valence-corrected chi connectivity index (χ1v) is 10.4. The summed E-state index contributed by atoms with van der Waals surface area (Å²) in [7, 11) is 0. The molecule has 29 heavy (non-hydrogen) atoms. The summed E-state index contributed by atoms with van der Waals surface area (Å²) in [5.41, 5.74) is 0.380. The van der Waals surface area contributed by atoms with Crippen molar-refractivity contribution in [2.24, 2.45) is 11.8 Å². The van der Waals surface area contributed by atoms with Gasteiger partial charge < -0.3 is 10.2 Å². The SMILES string of the molecule is Cl.O=C(c1cc([N+](=O)[O-])ccc1Sc1ccccc1)N1CC[C@@H]2CNC[C@@H]2CC1. The average Bonchev–Trinajstić information content (AvgIpc) is 3.06. The number of benzene rings is 2. The highest BCUT2D eigenvalue weighted by Gasteiger charge is 2.32. The number of amides is 1. The van der Waals surface area contributed by atoms with E-state index in [-0.39, 0.29) is 24.0 Å². The zero-order valence-electron chi connectivity index (χ0n) is 16.0. The van der Waals surface area contributed by atoms with Gasteiger partial charge in [0, 0.05) is 35.0 Å². The van der Waals surface area contributed by atoms with Gasteiger partial charge >= 0.3 is 0 Å². The van der Waals surface area contributed by atoms with Gasteiger partial charge in [0.15, 0.2) is 0 Å². The highest BCUT2D eigenvalue weighted by molar-refractivity contribution is 7.99. The first-order chi connectivity index (χ1) is 13.6. The first-order valence-electron chi connectivity index (χ1n) is 9.63. The Morgan fingerprint density at radius 1 is 1.07 bits per heavy atom. The van der Waals surface area contributed by atoms with Gasteiger partial charge in [-0.3, -0.25) is 14.9 Å². The summed E-state index contributed by atoms with van der Waals surface area (Å²) in [5.74, 6) is 1.15. The molecule has 0 aliphatic carbocycles. The molecule has 2 aromatic carbocycles. The number of likely N-dealkylation sites (tertiary alicyclic amines) is 1. The van der Waals surface area contributed by atoms with Crippen LogP contribution in [-0.4, -0.2) is 41.9 Å². The molecule has 1 N–H and O–H groups in total. The van der Waals surface area contributed by atoms with Gasteiger partial charge in [-0.2, -0.15) is 0 Å². The van der Waals surface area contributed by atoms with Crippen molar-refractivity contribution >= 4 is 35.8 Å². The minimum atomic E-state index is -0.438. The minimum absolute atomic E-state index is 0. The van der Waals surface area contributed by atoms with Gasteiger partial charge in [-0.15, -0.1) is 12.4 Å². The Bertz CT molecular complexity index is 867. The van der Waals surface area contributed by atoms with Crippen molar-refractivity contribution in [3.05, 3.63) is 64.2 Å². The van der Waals surface area contributed by atoms with E-state index in [9.17, 15) is 14.9 Å². The van der Waals surface area contributed by atoms with Crippen LogP contribution in [-0.2, 0) is 0 Å². The lowest BCUT2D eigenvalue weighted by Crippen LogP contribution is -2.33. The van der Waals surface area contributed by atoms with Crippen molar-refractivity contribution in [2.75, 3.05) is 26.2 Å². The van der Waals surface area contributed by atoms with Crippen LogP contribution in [0.5, 0.6) is 0 Å². The van der Waals surface area contributed by atoms with Crippen molar-refractivity contribution in [2.45, 2.75) is 22.6 Å². The third-order valence-corrected chi connectivity index (χ3v) is 6.77. The van der Waals surface area contributed by atoms with Gasteiger partial charge in [0.2, 0.25) is 0 Å². The summed E-state index contributed by atoms with van der Waals surface area (Å²) in [6, 6.07) is 14.4. The Balaban J connectivity index is 0.00000240. The van der Waals surface area contributed by atoms with Gasteiger partial charge in [0.05, 0.1) is 10.5 Å². The van der Waals surface area contributed by atoms with Gasteiger partial charge in [-0.05, 0) is 56.0 Å². The van der Waals surface area contributed by atoms with E-state index >= 15 is 0 Å². The molecule has 2 aliphatic heterocycles. The van der Waals surface area contributed by atoms with E-state index < -0.39 is 4.92 Å². The zero-order chi connectivity index (χ0) is 19.5. The number of nitrogens with zero attached hydrogens (tertiary/aromatic N) is 2. The van der Waals surface area contributed by atoms with E-state index in [1.807, 2.05) is 35.2 Å². The molecule has 0 spiro atoms. The summed E-state index contributed by atoms with van der Waals surface area (Å²) in [6.07, 6.45) is 1.97. The fraction of sp³-hybridized carbons (Fsp3) is 0.381. The lowest BCUT2D eigenvalue weighted by molar-refractivity contribution is -0.384. The van der Waals surface area contributed by atoms with Crippen LogP contribution < -0.4 is 5.32 Å². The Morgan fingerprint density at radius 2 is 1.72 bits per heavy atom. The maximum Gasteiger partial charge on any atom is 0.270 e. The lowest BCUT2D eigenvalue weighted by atomic mass is 9.92. The second kappa shape index (κ2) is 9.61. The van der Waals surface area contributed by atoms with Crippen molar-refractivity contribution in [1.29, 1.82) is 0 Å². The molecule has 0 bridgehead atoms. The monoisotopic (exact) mass is 433 g/mol. The van der Waals surface area contributed by atoms with Crippen molar-refractivity contribution in [1.82, 2.24) is 10.2 Å². The van der Waals surface area contributed by atoms with E-state index in [0.717, 1.165) is 35.7 Å². The molecule has 8 heteroatoms. The Hall–Kier alpha value is -2.09. The highest BCUT2D eigenvalue weighted by Crippen LogP contribution is 2.34. The molecule has 2 fully saturated rings. The second-order valence-corrected chi connectivity index (χ2v) is 8.52. The maximum absolute atomic E-state index is 13.3. The number of nitrogens with one attached hydrogen (secondary N) is 1. The second-order valence-electron chi connectivity index (χ2n) is 7.40. The normalized spacial score (nSPS) is 21.0. The number of hydrogen-bond acceptors (Lipinski definition) is 5.